The summed E-state index contributed by atoms with van der Waals surface area (Å²) < 4.78 is 5.00. The summed E-state index contributed by atoms with van der Waals surface area (Å²) in [5.74, 6) is -0.544. The van der Waals surface area contributed by atoms with Crippen LogP contribution in [0.1, 0.15) is 30.5 Å². The molecule has 0 unspecified atom stereocenters. The lowest BCUT2D eigenvalue weighted by Crippen LogP contribution is -2.32. The van der Waals surface area contributed by atoms with Crippen molar-refractivity contribution in [2.75, 3.05) is 6.61 Å². The zero-order valence-corrected chi connectivity index (χ0v) is 14.3. The Kier molecular flexibility index (Phi) is 6.82. The van der Waals surface area contributed by atoms with Crippen LogP contribution in [0.15, 0.2) is 54.6 Å². The van der Waals surface area contributed by atoms with Crippen LogP contribution in [-0.4, -0.2) is 18.5 Å². The number of nitrogens with one attached hydrogen (secondary N) is 1. The maximum Gasteiger partial charge on any atom is 0.308 e. The Bertz CT molecular complexity index is 688. The summed E-state index contributed by atoms with van der Waals surface area (Å²) in [7, 11) is 0. The highest BCUT2D eigenvalue weighted by Gasteiger charge is 2.21. The molecular formula is C19H20ClNO3. The molecule has 0 aromatic heterocycles. The number of hydrogen-bond donors (Lipinski definition) is 1. The lowest BCUT2D eigenvalue weighted by Gasteiger charge is -2.19. The normalized spacial score (nSPS) is 11.6. The maximum absolute atomic E-state index is 12.3. The average molecular weight is 346 g/mol. The van der Waals surface area contributed by atoms with E-state index in [4.69, 9.17) is 16.3 Å². The lowest BCUT2D eigenvalue weighted by molar-refractivity contribution is -0.143. The molecule has 1 atom stereocenters. The third-order valence-electron chi connectivity index (χ3n) is 3.50. The van der Waals surface area contributed by atoms with E-state index < -0.39 is 6.04 Å². The lowest BCUT2D eigenvalue weighted by atomic mass is 10.0. The number of hydrogen-bond acceptors (Lipinski definition) is 3. The van der Waals surface area contributed by atoms with Crippen molar-refractivity contribution < 1.29 is 14.3 Å². The average Bonchev–Trinajstić information content (AvgIpc) is 2.56. The van der Waals surface area contributed by atoms with E-state index in [2.05, 4.69) is 5.32 Å². The van der Waals surface area contributed by atoms with Gasteiger partial charge in [0.25, 0.3) is 0 Å². The second kappa shape index (κ2) is 9.08. The maximum atomic E-state index is 12.3. The Hall–Kier alpha value is -2.33. The molecule has 1 N–H and O–H groups in total. The molecule has 2 aromatic rings. The first-order valence-electron chi connectivity index (χ1n) is 7.83. The quantitative estimate of drug-likeness (QED) is 0.778. The van der Waals surface area contributed by atoms with Gasteiger partial charge < -0.3 is 10.1 Å². The monoisotopic (exact) mass is 345 g/mol. The molecule has 0 saturated carbocycles. The van der Waals surface area contributed by atoms with Gasteiger partial charge in [0.15, 0.2) is 0 Å². The minimum absolute atomic E-state index is 0.0398. The number of rotatable bonds is 7. The van der Waals surface area contributed by atoms with E-state index in [1.807, 2.05) is 36.4 Å². The first-order chi connectivity index (χ1) is 11.6. The van der Waals surface area contributed by atoms with Gasteiger partial charge in [0.1, 0.15) is 0 Å². The van der Waals surface area contributed by atoms with Gasteiger partial charge in [0.2, 0.25) is 5.91 Å². The van der Waals surface area contributed by atoms with Gasteiger partial charge >= 0.3 is 5.97 Å². The summed E-state index contributed by atoms with van der Waals surface area (Å²) in [5.41, 5.74) is 1.61. The minimum atomic E-state index is -0.519. The zero-order chi connectivity index (χ0) is 17.4. The first-order valence-corrected chi connectivity index (χ1v) is 8.21. The van der Waals surface area contributed by atoms with Crippen LogP contribution >= 0.6 is 11.6 Å². The van der Waals surface area contributed by atoms with Crippen LogP contribution in [0.5, 0.6) is 0 Å². The fraction of sp³-hybridized carbons (Fsp3) is 0.263. The van der Waals surface area contributed by atoms with Crippen molar-refractivity contribution in [3.05, 3.63) is 70.7 Å². The molecule has 24 heavy (non-hydrogen) atoms. The van der Waals surface area contributed by atoms with Gasteiger partial charge in [-0.05, 0) is 24.1 Å². The van der Waals surface area contributed by atoms with E-state index in [1.54, 1.807) is 25.1 Å². The van der Waals surface area contributed by atoms with Gasteiger partial charge in [0, 0.05) is 5.02 Å². The molecule has 0 heterocycles. The number of esters is 1. The second-order valence-electron chi connectivity index (χ2n) is 5.31. The number of benzene rings is 2. The predicted octanol–water partition coefficient (Wildman–Crippen LogP) is 3.69. The largest absolute Gasteiger partial charge is 0.466 e. The number of amides is 1. The molecule has 0 aliphatic heterocycles. The van der Waals surface area contributed by atoms with Gasteiger partial charge in [-0.1, -0.05) is 60.1 Å². The first kappa shape index (κ1) is 18.0. The molecule has 0 aliphatic carbocycles. The molecule has 0 spiro atoms. The fourth-order valence-corrected chi connectivity index (χ4v) is 2.68. The van der Waals surface area contributed by atoms with Crippen LogP contribution in [0.2, 0.25) is 5.02 Å². The fourth-order valence-electron chi connectivity index (χ4n) is 2.41. The Balaban J connectivity index is 2.12. The van der Waals surface area contributed by atoms with E-state index in [9.17, 15) is 9.59 Å². The summed E-state index contributed by atoms with van der Waals surface area (Å²) in [6, 6.07) is 16.1. The van der Waals surface area contributed by atoms with Crippen molar-refractivity contribution >= 4 is 23.5 Å². The van der Waals surface area contributed by atoms with E-state index in [0.29, 0.717) is 17.2 Å². The SMILES string of the molecule is CCOC(=O)C[C@@H](NC(=O)Cc1ccccc1)c1ccccc1Cl. The second-order valence-corrected chi connectivity index (χ2v) is 5.72. The van der Waals surface area contributed by atoms with Crippen LogP contribution in [-0.2, 0) is 20.7 Å². The standard InChI is InChI=1S/C19H20ClNO3/c1-2-24-19(23)13-17(15-10-6-7-11-16(15)20)21-18(22)12-14-8-4-3-5-9-14/h3-11,17H,2,12-13H2,1H3,(H,21,22)/t17-/m1/s1. The third kappa shape index (κ3) is 5.39. The molecule has 2 aromatic carbocycles. The van der Waals surface area contributed by atoms with Crippen LogP contribution in [0.3, 0.4) is 0 Å². The van der Waals surface area contributed by atoms with Crippen LogP contribution in [0, 0.1) is 0 Å². The van der Waals surface area contributed by atoms with Crippen molar-refractivity contribution in [1.82, 2.24) is 5.32 Å². The summed E-state index contributed by atoms with van der Waals surface area (Å²) in [6.07, 6.45) is 0.280. The Morgan fingerprint density at radius 3 is 2.42 bits per heavy atom. The minimum Gasteiger partial charge on any atom is -0.466 e. The summed E-state index contributed by atoms with van der Waals surface area (Å²) in [6.45, 7) is 2.04. The summed E-state index contributed by atoms with van der Waals surface area (Å²) in [5, 5.41) is 3.39. The van der Waals surface area contributed by atoms with Crippen LogP contribution in [0.4, 0.5) is 0 Å². The van der Waals surface area contributed by atoms with E-state index in [0.717, 1.165) is 5.56 Å². The van der Waals surface area contributed by atoms with Gasteiger partial charge in [-0.15, -0.1) is 0 Å². The molecule has 1 amide bonds. The third-order valence-corrected chi connectivity index (χ3v) is 3.84. The van der Waals surface area contributed by atoms with Crippen molar-refractivity contribution in [3.8, 4) is 0 Å². The van der Waals surface area contributed by atoms with Crippen molar-refractivity contribution in [2.24, 2.45) is 0 Å². The number of ether oxygens (including phenoxy) is 1. The highest BCUT2D eigenvalue weighted by molar-refractivity contribution is 6.31. The van der Waals surface area contributed by atoms with Gasteiger partial charge in [0.05, 0.1) is 25.5 Å². The van der Waals surface area contributed by atoms with Gasteiger partial charge in [-0.2, -0.15) is 0 Å². The van der Waals surface area contributed by atoms with Crippen LogP contribution < -0.4 is 5.32 Å². The van der Waals surface area contributed by atoms with Gasteiger partial charge in [-0.3, -0.25) is 9.59 Å². The molecule has 2 rings (SSSR count). The van der Waals surface area contributed by atoms with Crippen molar-refractivity contribution in [1.29, 1.82) is 0 Å². The smallest absolute Gasteiger partial charge is 0.308 e. The summed E-state index contributed by atoms with van der Waals surface area (Å²) >= 11 is 6.22. The van der Waals surface area contributed by atoms with E-state index >= 15 is 0 Å². The Morgan fingerprint density at radius 1 is 1.08 bits per heavy atom. The Morgan fingerprint density at radius 2 is 1.75 bits per heavy atom. The molecule has 0 aliphatic rings. The summed E-state index contributed by atoms with van der Waals surface area (Å²) in [4.78, 5) is 24.2. The van der Waals surface area contributed by atoms with E-state index in [1.165, 1.54) is 0 Å². The predicted molar refractivity (Wildman–Crippen MR) is 93.7 cm³/mol. The number of halogens is 1. The Labute approximate surface area is 146 Å². The molecule has 0 radical (unpaired) electrons. The zero-order valence-electron chi connectivity index (χ0n) is 13.5. The number of carbonyl (C=O) groups excluding carboxylic acids is 2. The van der Waals surface area contributed by atoms with Crippen molar-refractivity contribution in [3.63, 3.8) is 0 Å². The molecule has 0 fully saturated rings. The van der Waals surface area contributed by atoms with Crippen LogP contribution in [0.25, 0.3) is 0 Å². The molecular weight excluding hydrogens is 326 g/mol. The highest BCUT2D eigenvalue weighted by Crippen LogP contribution is 2.25. The topological polar surface area (TPSA) is 55.4 Å². The molecule has 4 nitrogen and oxygen atoms in total. The van der Waals surface area contributed by atoms with Crippen molar-refractivity contribution in [2.45, 2.75) is 25.8 Å². The number of carbonyl (C=O) groups is 2. The molecule has 126 valence electrons. The molecule has 5 heteroatoms. The van der Waals surface area contributed by atoms with Gasteiger partial charge in [-0.25, -0.2) is 0 Å². The molecule has 0 saturated heterocycles. The molecule has 0 bridgehead atoms. The van der Waals surface area contributed by atoms with E-state index in [-0.39, 0.29) is 24.7 Å². The highest BCUT2D eigenvalue weighted by atomic mass is 35.5.